The van der Waals surface area contributed by atoms with Gasteiger partial charge in [-0.3, -0.25) is 4.79 Å². The lowest BCUT2D eigenvalue weighted by atomic mass is 10.3. The molecule has 0 spiro atoms. The zero-order valence-corrected chi connectivity index (χ0v) is 9.08. The third-order valence-corrected chi connectivity index (χ3v) is 2.05. The Morgan fingerprint density at radius 3 is 2.59 bits per heavy atom. The lowest BCUT2D eigenvalue weighted by Gasteiger charge is -2.16. The van der Waals surface area contributed by atoms with E-state index in [-0.39, 0.29) is 17.1 Å². The summed E-state index contributed by atoms with van der Waals surface area (Å²) in [4.78, 5) is 10.7. The van der Waals surface area contributed by atoms with Crippen molar-refractivity contribution in [2.24, 2.45) is 7.05 Å². The van der Waals surface area contributed by atoms with Crippen molar-refractivity contribution >= 4 is 6.29 Å². The Kier molecular flexibility index (Phi) is 3.74. The van der Waals surface area contributed by atoms with Gasteiger partial charge in [-0.15, -0.1) is 0 Å². The Morgan fingerprint density at radius 1 is 1.53 bits per heavy atom. The number of aryl methyl sites for hydroxylation is 2. The summed E-state index contributed by atoms with van der Waals surface area (Å²) in [6.07, 6.45) is -3.45. The third kappa shape index (κ3) is 2.75. The molecular weight excluding hydrogens is 244 g/mol. The van der Waals surface area contributed by atoms with Crippen LogP contribution in [0, 0.1) is 6.92 Å². The molecule has 0 N–H and O–H groups in total. The number of alkyl halides is 4. The Labute approximate surface area is 94.2 Å². The number of hydrogen-bond donors (Lipinski definition) is 0. The fourth-order valence-electron chi connectivity index (χ4n) is 1.19. The molecule has 0 radical (unpaired) electrons. The van der Waals surface area contributed by atoms with Gasteiger partial charge in [0.05, 0.1) is 11.3 Å². The highest BCUT2D eigenvalue weighted by atomic mass is 19.3. The van der Waals surface area contributed by atoms with Crippen LogP contribution in [0.25, 0.3) is 0 Å². The molecule has 1 heterocycles. The second kappa shape index (κ2) is 4.72. The fraction of sp³-hybridized carbons (Fsp3) is 0.556. The van der Waals surface area contributed by atoms with E-state index in [1.807, 2.05) is 0 Å². The molecule has 8 heteroatoms. The molecule has 1 aromatic rings. The van der Waals surface area contributed by atoms with Crippen LogP contribution in [0.2, 0.25) is 0 Å². The molecule has 0 aromatic carbocycles. The van der Waals surface area contributed by atoms with E-state index in [9.17, 15) is 22.4 Å². The first kappa shape index (κ1) is 13.5. The van der Waals surface area contributed by atoms with Crippen LogP contribution >= 0.6 is 0 Å². The molecule has 0 bridgehead atoms. The Balaban J connectivity index is 2.86. The van der Waals surface area contributed by atoms with Crippen molar-refractivity contribution in [3.63, 3.8) is 0 Å². The van der Waals surface area contributed by atoms with E-state index in [1.54, 1.807) is 0 Å². The molecule has 1 rings (SSSR count). The van der Waals surface area contributed by atoms with E-state index in [2.05, 4.69) is 9.84 Å². The second-order valence-corrected chi connectivity index (χ2v) is 3.40. The van der Waals surface area contributed by atoms with Gasteiger partial charge in [0.2, 0.25) is 5.88 Å². The quantitative estimate of drug-likeness (QED) is 0.594. The molecule has 1 aromatic heterocycles. The van der Waals surface area contributed by atoms with E-state index in [0.29, 0.717) is 6.29 Å². The average molecular weight is 254 g/mol. The molecule has 0 unspecified atom stereocenters. The van der Waals surface area contributed by atoms with Crippen molar-refractivity contribution in [2.75, 3.05) is 6.61 Å². The minimum atomic E-state index is -4.27. The van der Waals surface area contributed by atoms with Crippen LogP contribution in [-0.4, -0.2) is 35.0 Å². The predicted octanol–water partition coefficient (Wildman–Crippen LogP) is 1.82. The summed E-state index contributed by atoms with van der Waals surface area (Å²) >= 11 is 0. The summed E-state index contributed by atoms with van der Waals surface area (Å²) in [5.41, 5.74) is 0.246. The molecule has 0 saturated heterocycles. The zero-order valence-electron chi connectivity index (χ0n) is 9.08. The van der Waals surface area contributed by atoms with Gasteiger partial charge in [0.25, 0.3) is 0 Å². The van der Waals surface area contributed by atoms with Gasteiger partial charge in [-0.05, 0) is 6.92 Å². The van der Waals surface area contributed by atoms with Gasteiger partial charge in [-0.25, -0.2) is 13.5 Å². The minimum Gasteiger partial charge on any atom is -0.471 e. The number of hydrogen-bond acceptors (Lipinski definition) is 3. The van der Waals surface area contributed by atoms with Crippen molar-refractivity contribution in [1.29, 1.82) is 0 Å². The molecule has 0 aliphatic heterocycles. The number of carbonyl (C=O) groups excluding carboxylic acids is 1. The topological polar surface area (TPSA) is 44.1 Å². The van der Waals surface area contributed by atoms with Crippen LogP contribution in [0.15, 0.2) is 0 Å². The molecule has 0 aliphatic carbocycles. The van der Waals surface area contributed by atoms with Gasteiger partial charge in [0.1, 0.15) is 0 Å². The summed E-state index contributed by atoms with van der Waals surface area (Å²) in [5.74, 6) is -4.52. The van der Waals surface area contributed by atoms with Gasteiger partial charge in [0.15, 0.2) is 12.9 Å². The Morgan fingerprint density at radius 2 is 2.12 bits per heavy atom. The number of ether oxygens (including phenoxy) is 1. The summed E-state index contributed by atoms with van der Waals surface area (Å²) in [6, 6.07) is 0. The smallest absolute Gasteiger partial charge is 0.340 e. The summed E-state index contributed by atoms with van der Waals surface area (Å²) in [5, 5.41) is 3.76. The van der Waals surface area contributed by atoms with Gasteiger partial charge in [-0.1, -0.05) is 0 Å². The van der Waals surface area contributed by atoms with E-state index in [0.717, 1.165) is 4.68 Å². The first-order chi connectivity index (χ1) is 7.79. The standard InChI is InChI=1S/C9H10F4N2O2/c1-5-6(3-16)7(15(2)14-5)17-4-9(12,13)8(10)11/h3,8H,4H2,1-2H3. The molecule has 0 saturated carbocycles. The predicted molar refractivity (Wildman–Crippen MR) is 49.8 cm³/mol. The first-order valence-corrected chi connectivity index (χ1v) is 4.57. The molecule has 0 fully saturated rings. The van der Waals surface area contributed by atoms with E-state index < -0.39 is 19.0 Å². The molecule has 0 aliphatic rings. The molecule has 0 atom stereocenters. The largest absolute Gasteiger partial charge is 0.471 e. The fourth-order valence-corrected chi connectivity index (χ4v) is 1.19. The number of aldehydes is 1. The van der Waals surface area contributed by atoms with Gasteiger partial charge >= 0.3 is 12.3 Å². The molecular formula is C9H10F4N2O2. The van der Waals surface area contributed by atoms with Crippen LogP contribution in [-0.2, 0) is 7.05 Å². The number of rotatable bonds is 5. The van der Waals surface area contributed by atoms with Crippen LogP contribution in [0.5, 0.6) is 5.88 Å². The van der Waals surface area contributed by atoms with Crippen LogP contribution < -0.4 is 4.74 Å². The van der Waals surface area contributed by atoms with Crippen molar-refractivity contribution in [3.05, 3.63) is 11.3 Å². The van der Waals surface area contributed by atoms with E-state index in [1.165, 1.54) is 14.0 Å². The van der Waals surface area contributed by atoms with Crippen molar-refractivity contribution in [3.8, 4) is 5.88 Å². The van der Waals surface area contributed by atoms with Crippen molar-refractivity contribution in [2.45, 2.75) is 19.3 Å². The number of carbonyl (C=O) groups is 1. The summed E-state index contributed by atoms with van der Waals surface area (Å²) in [7, 11) is 1.36. The van der Waals surface area contributed by atoms with Gasteiger partial charge in [0, 0.05) is 7.05 Å². The summed E-state index contributed by atoms with van der Waals surface area (Å²) < 4.78 is 54.6. The molecule has 0 amide bonds. The lowest BCUT2D eigenvalue weighted by Crippen LogP contribution is -2.34. The highest BCUT2D eigenvalue weighted by molar-refractivity contribution is 5.80. The second-order valence-electron chi connectivity index (χ2n) is 3.40. The highest BCUT2D eigenvalue weighted by Crippen LogP contribution is 2.26. The molecule has 4 nitrogen and oxygen atoms in total. The monoisotopic (exact) mass is 254 g/mol. The number of halogens is 4. The van der Waals surface area contributed by atoms with Crippen molar-refractivity contribution in [1.82, 2.24) is 9.78 Å². The third-order valence-electron chi connectivity index (χ3n) is 2.05. The normalized spacial score (nSPS) is 11.9. The lowest BCUT2D eigenvalue weighted by molar-refractivity contribution is -0.149. The Hall–Kier alpha value is -1.60. The van der Waals surface area contributed by atoms with Crippen molar-refractivity contribution < 1.29 is 27.1 Å². The van der Waals surface area contributed by atoms with Crippen LogP contribution in [0.3, 0.4) is 0 Å². The zero-order chi connectivity index (χ0) is 13.2. The van der Waals surface area contributed by atoms with Crippen LogP contribution in [0.1, 0.15) is 16.1 Å². The maximum Gasteiger partial charge on any atom is 0.340 e. The number of aromatic nitrogens is 2. The minimum absolute atomic E-state index is 0.0300. The molecule has 17 heavy (non-hydrogen) atoms. The van der Waals surface area contributed by atoms with E-state index >= 15 is 0 Å². The maximum atomic E-state index is 12.6. The first-order valence-electron chi connectivity index (χ1n) is 4.57. The summed E-state index contributed by atoms with van der Waals surface area (Å²) in [6.45, 7) is -0.0354. The SMILES string of the molecule is Cc1nn(C)c(OCC(F)(F)C(F)F)c1C=O. The average Bonchev–Trinajstić information content (AvgIpc) is 2.49. The number of nitrogens with zero attached hydrogens (tertiary/aromatic N) is 2. The molecule has 96 valence electrons. The highest BCUT2D eigenvalue weighted by Gasteiger charge is 2.42. The van der Waals surface area contributed by atoms with Gasteiger partial charge < -0.3 is 4.74 Å². The van der Waals surface area contributed by atoms with Gasteiger partial charge in [-0.2, -0.15) is 13.9 Å². The van der Waals surface area contributed by atoms with E-state index in [4.69, 9.17) is 0 Å². The maximum absolute atomic E-state index is 12.6. The van der Waals surface area contributed by atoms with Crippen LogP contribution in [0.4, 0.5) is 17.6 Å². The Bertz CT molecular complexity index is 417.